The van der Waals surface area contributed by atoms with E-state index in [1.807, 2.05) is 55.4 Å². The van der Waals surface area contributed by atoms with E-state index in [9.17, 15) is 29.4 Å². The number of unbranched alkanes of at least 4 members (excludes halogenated alkanes) is 1. The third kappa shape index (κ3) is 25.7. The van der Waals surface area contributed by atoms with Crippen molar-refractivity contribution >= 4 is 48.9 Å². The van der Waals surface area contributed by atoms with Crippen molar-refractivity contribution in [1.82, 2.24) is 16.0 Å². The van der Waals surface area contributed by atoms with Gasteiger partial charge in [-0.05, 0) is 58.2 Å². The maximum absolute atomic E-state index is 13.2. The Morgan fingerprint density at radius 3 is 1.68 bits per heavy atom. The Hall–Kier alpha value is -2.01. The number of carbonyl (C=O) groups excluding carboxylic acids is 4. The summed E-state index contributed by atoms with van der Waals surface area (Å²) in [6.45, 7) is 19.5. The van der Waals surface area contributed by atoms with E-state index in [0.29, 0.717) is 76.9 Å². The van der Waals surface area contributed by atoms with Crippen molar-refractivity contribution in [2.75, 3.05) is 121 Å². The lowest BCUT2D eigenvalue weighted by Gasteiger charge is -2.40. The zero-order valence-corrected chi connectivity index (χ0v) is 38.3. The second-order valence-electron chi connectivity index (χ2n) is 17.7. The fourth-order valence-corrected chi connectivity index (χ4v) is 20.2. The van der Waals surface area contributed by atoms with Crippen molar-refractivity contribution in [1.29, 1.82) is 0 Å². The molecule has 1 atom stereocenters. The first kappa shape index (κ1) is 51.0. The highest BCUT2D eigenvalue weighted by Crippen LogP contribution is 2.25. The third-order valence-corrected chi connectivity index (χ3v) is 20.7. The lowest BCUT2D eigenvalue weighted by molar-refractivity contribution is -0.882. The minimum atomic E-state index is -2.70. The van der Waals surface area contributed by atoms with Crippen LogP contribution in [0.3, 0.4) is 0 Å². The summed E-state index contributed by atoms with van der Waals surface area (Å²) in [5.41, 5.74) is 0.329. The lowest BCUT2D eigenvalue weighted by Crippen LogP contribution is -2.59. The molecule has 0 fully saturated rings. The van der Waals surface area contributed by atoms with Crippen molar-refractivity contribution in [3.8, 4) is 0 Å². The van der Waals surface area contributed by atoms with Gasteiger partial charge < -0.3 is 52.6 Å². The first-order chi connectivity index (χ1) is 24.2. The largest absolute Gasteiger partial charge is 0.456 e. The number of amides is 3. The molecule has 18 heteroatoms. The van der Waals surface area contributed by atoms with E-state index >= 15 is 0 Å². The highest BCUT2D eigenvalue weighted by Gasteiger charge is 2.42. The molecule has 0 saturated carbocycles. The minimum absolute atomic E-state index is 0.0262. The third-order valence-electron chi connectivity index (χ3n) is 8.80. The van der Waals surface area contributed by atoms with Gasteiger partial charge in [0, 0.05) is 37.9 Å². The summed E-state index contributed by atoms with van der Waals surface area (Å²) in [7, 11) is 4.03. The quantitative estimate of drug-likeness (QED) is 0.0242. The van der Waals surface area contributed by atoms with Gasteiger partial charge in [0.05, 0.1) is 55.4 Å². The topological polar surface area (TPSA) is 173 Å². The molecular weight excluding hydrogens is 733 g/mol. The normalized spacial score (nSPS) is 13.9. The molecule has 0 rings (SSSR count). The average Bonchev–Trinajstić information content (AvgIpc) is 2.97. The number of rotatable bonds is 29. The molecule has 53 heavy (non-hydrogen) atoms. The van der Waals surface area contributed by atoms with Crippen molar-refractivity contribution in [3.63, 3.8) is 0 Å². The lowest BCUT2D eigenvalue weighted by atomic mass is 10.3. The molecule has 3 amide bonds. The van der Waals surface area contributed by atoms with Gasteiger partial charge in [-0.15, -0.1) is 0 Å². The highest BCUT2D eigenvalue weighted by molar-refractivity contribution is 6.88. The average molecular weight is 810 g/mol. The van der Waals surface area contributed by atoms with Crippen molar-refractivity contribution in [2.45, 2.75) is 71.0 Å². The first-order valence-electron chi connectivity index (χ1n) is 18.9. The van der Waals surface area contributed by atoms with Crippen LogP contribution in [-0.4, -0.2) is 193 Å². The van der Waals surface area contributed by atoms with Gasteiger partial charge in [-0.3, -0.25) is 14.4 Å². The van der Waals surface area contributed by atoms with Crippen LogP contribution in [0.2, 0.25) is 44.8 Å². The summed E-state index contributed by atoms with van der Waals surface area (Å²) in [5, 5.41) is 27.6. The van der Waals surface area contributed by atoms with Gasteiger partial charge in [0.15, 0.2) is 36.3 Å². The van der Waals surface area contributed by atoms with E-state index in [2.05, 4.69) is 42.2 Å². The molecule has 0 aromatic carbocycles. The number of aliphatic hydroxyl groups is 2. The Morgan fingerprint density at radius 1 is 0.642 bits per heavy atom. The van der Waals surface area contributed by atoms with Crippen LogP contribution in [0.4, 0.5) is 0 Å². The molecule has 310 valence electrons. The van der Waals surface area contributed by atoms with E-state index in [4.69, 9.17) is 13.0 Å². The Morgan fingerprint density at radius 2 is 1.15 bits per heavy atom. The van der Waals surface area contributed by atoms with Gasteiger partial charge in [0.25, 0.3) is 17.7 Å². The van der Waals surface area contributed by atoms with Gasteiger partial charge >= 0.3 is 14.5 Å². The molecule has 0 radical (unpaired) electrons. The van der Waals surface area contributed by atoms with E-state index in [0.717, 1.165) is 18.9 Å². The summed E-state index contributed by atoms with van der Waals surface area (Å²) in [6, 6.07) is 1.48. The molecular formula is C35H77N6O9Si3+3. The van der Waals surface area contributed by atoms with Gasteiger partial charge in [0.1, 0.15) is 19.7 Å². The maximum Gasteiger partial charge on any atom is 0.333 e. The molecule has 0 saturated heterocycles. The van der Waals surface area contributed by atoms with Crippen LogP contribution in [0.25, 0.3) is 0 Å². The molecule has 0 aliphatic carbocycles. The second-order valence-corrected chi connectivity index (χ2v) is 29.9. The van der Waals surface area contributed by atoms with Crippen molar-refractivity contribution < 1.29 is 55.8 Å². The van der Waals surface area contributed by atoms with Crippen LogP contribution in [-0.2, 0) is 32.1 Å². The Labute approximate surface area is 323 Å². The molecule has 0 spiro atoms. The number of hydrogen-bond donors (Lipinski definition) is 5. The summed E-state index contributed by atoms with van der Waals surface area (Å²) in [4.78, 5) is 50.2. The zero-order chi connectivity index (χ0) is 41.2. The van der Waals surface area contributed by atoms with Gasteiger partial charge in [-0.2, -0.15) is 0 Å². The molecule has 0 bridgehead atoms. The number of hydrogen-bond acceptors (Lipinski definition) is 9. The molecule has 0 heterocycles. The van der Waals surface area contributed by atoms with Crippen LogP contribution in [0.1, 0.15) is 26.2 Å². The van der Waals surface area contributed by atoms with Gasteiger partial charge in [-0.1, -0.05) is 13.0 Å². The molecule has 15 nitrogen and oxygen atoms in total. The number of aliphatic hydroxyl groups excluding tert-OH is 2. The molecule has 0 aromatic rings. The summed E-state index contributed by atoms with van der Waals surface area (Å²) >= 11 is 0. The number of nitrogens with zero attached hydrogens (tertiary/aromatic N) is 3. The number of quaternary nitrogens is 3. The van der Waals surface area contributed by atoms with E-state index < -0.39 is 31.2 Å². The number of ether oxygens (including phenoxy) is 1. The summed E-state index contributed by atoms with van der Waals surface area (Å²) in [6.07, 6.45) is 2.71. The number of esters is 1. The van der Waals surface area contributed by atoms with E-state index in [1.54, 1.807) is 6.92 Å². The molecule has 0 aliphatic rings. The Balaban J connectivity index is 5.47. The fraction of sp³-hybridized carbons (Fsp3) is 0.829. The number of likely N-dealkylation sites (N-methyl/N-ethyl adjacent to an activating group) is 3. The maximum atomic E-state index is 13.2. The Kier molecular flexibility index (Phi) is 22.3. The SMILES string of the molecule is C=C(C)C(=O)OCC[N+](C)(C)CC(=O)NC[Si](C)(CCNC(=O)C[N+](C)(C)CCCO)O[Si](C)(C)O[Si](C)(C)CCCCNC(=O)C[N+](C)(C)CCO. The standard InChI is InChI=1S/C35H74N6O9Si3/c1-31(2)35(47)48-24-21-41(7,8)29-34(46)38-30-53(13,26-18-37-33(45)27-39(3,4)19-16-22-42)50-52(11,12)49-51(9,10)25-15-14-17-36-32(44)28-40(5,6)20-23-43/h42-43H,1,14-30H2,2-13H3/p+3. The molecule has 0 aromatic heterocycles. The fourth-order valence-electron chi connectivity index (χ4n) is 6.01. The van der Waals surface area contributed by atoms with Crippen LogP contribution < -0.4 is 16.0 Å². The van der Waals surface area contributed by atoms with Crippen LogP contribution in [0.5, 0.6) is 0 Å². The minimum Gasteiger partial charge on any atom is -0.456 e. The van der Waals surface area contributed by atoms with Gasteiger partial charge in [-0.25, -0.2) is 4.79 Å². The predicted octanol–water partition coefficient (Wildman–Crippen LogP) is 0.893. The van der Waals surface area contributed by atoms with Crippen LogP contribution in [0.15, 0.2) is 12.2 Å². The monoisotopic (exact) mass is 810 g/mol. The zero-order valence-electron chi connectivity index (χ0n) is 35.3. The van der Waals surface area contributed by atoms with Crippen molar-refractivity contribution in [2.24, 2.45) is 0 Å². The molecule has 1 unspecified atom stereocenters. The van der Waals surface area contributed by atoms with Crippen molar-refractivity contribution in [3.05, 3.63) is 12.2 Å². The predicted molar refractivity (Wildman–Crippen MR) is 217 cm³/mol. The Bertz CT molecular complexity index is 1190. The number of carbonyl (C=O) groups is 4. The van der Waals surface area contributed by atoms with Crippen LogP contribution >= 0.6 is 0 Å². The first-order valence-corrected chi connectivity index (χ1v) is 27.6. The summed E-state index contributed by atoms with van der Waals surface area (Å²) < 4.78 is 20.3. The second kappa shape index (κ2) is 23.2. The highest BCUT2D eigenvalue weighted by atomic mass is 28.5. The molecule has 0 aliphatic heterocycles. The van der Waals surface area contributed by atoms with Crippen LogP contribution in [0, 0.1) is 0 Å². The number of nitrogens with one attached hydrogen (secondary N) is 3. The summed E-state index contributed by atoms with van der Waals surface area (Å²) in [5.74, 6) is -0.702. The van der Waals surface area contributed by atoms with Gasteiger partial charge in [0.2, 0.25) is 0 Å². The van der Waals surface area contributed by atoms with E-state index in [1.165, 1.54) is 0 Å². The molecule has 5 N–H and O–H groups in total. The smallest absolute Gasteiger partial charge is 0.333 e. The van der Waals surface area contributed by atoms with E-state index in [-0.39, 0.29) is 50.6 Å².